The maximum absolute atomic E-state index is 11.6. The van der Waals surface area contributed by atoms with Crippen LogP contribution in [0, 0.1) is 5.92 Å². The van der Waals surface area contributed by atoms with E-state index in [-0.39, 0.29) is 5.78 Å². The van der Waals surface area contributed by atoms with Crippen molar-refractivity contribution < 1.29 is 4.79 Å². The third kappa shape index (κ3) is 1.59. The molecule has 2 atom stereocenters. The smallest absolute Gasteiger partial charge is 0.163 e. The molecule has 1 aromatic heterocycles. The molecule has 1 aromatic rings. The van der Waals surface area contributed by atoms with Gasteiger partial charge in [0.05, 0.1) is 10.6 Å². The first-order chi connectivity index (χ1) is 7.02. The van der Waals surface area contributed by atoms with Crippen LogP contribution in [0.1, 0.15) is 53.9 Å². The Kier molecular flexibility index (Phi) is 2.59. The molecule has 2 nitrogen and oxygen atoms in total. The lowest BCUT2D eigenvalue weighted by molar-refractivity contribution is 0.101. The number of thiophene rings is 1. The molecule has 15 heavy (non-hydrogen) atoms. The molecule has 0 saturated heterocycles. The molecule has 0 aliphatic heterocycles. The quantitative estimate of drug-likeness (QED) is 0.743. The van der Waals surface area contributed by atoms with E-state index in [0.29, 0.717) is 16.8 Å². The first-order valence-electron chi connectivity index (χ1n) is 5.44. The van der Waals surface area contributed by atoms with E-state index in [9.17, 15) is 4.79 Å². The number of hydrogen-bond donors (Lipinski definition) is 1. The molecule has 3 heteroatoms. The molecule has 1 heterocycles. The second-order valence-corrected chi connectivity index (χ2v) is 5.68. The highest BCUT2D eigenvalue weighted by molar-refractivity contribution is 7.16. The summed E-state index contributed by atoms with van der Waals surface area (Å²) in [6, 6.07) is 0. The molecule has 0 bridgehead atoms. The number of anilines is 1. The van der Waals surface area contributed by atoms with Crippen molar-refractivity contribution >= 4 is 22.1 Å². The molecule has 2 unspecified atom stereocenters. The SMILES string of the molecule is CC(=O)c1c(N)sc2c1C(C)C(C)CC2. The molecular formula is C12H17NOS. The van der Waals surface area contributed by atoms with E-state index in [1.54, 1.807) is 18.3 Å². The Hall–Kier alpha value is -0.830. The summed E-state index contributed by atoms with van der Waals surface area (Å²) in [7, 11) is 0. The highest BCUT2D eigenvalue weighted by atomic mass is 32.1. The van der Waals surface area contributed by atoms with Gasteiger partial charge in [-0.25, -0.2) is 0 Å². The number of rotatable bonds is 1. The normalized spacial score (nSPS) is 25.0. The number of fused-ring (bicyclic) bond motifs is 1. The van der Waals surface area contributed by atoms with Gasteiger partial charge in [0.25, 0.3) is 0 Å². The summed E-state index contributed by atoms with van der Waals surface area (Å²) in [6.07, 6.45) is 2.30. The van der Waals surface area contributed by atoms with Gasteiger partial charge in [0.2, 0.25) is 0 Å². The van der Waals surface area contributed by atoms with Crippen LogP contribution in [0.4, 0.5) is 5.00 Å². The predicted molar refractivity (Wildman–Crippen MR) is 64.6 cm³/mol. The number of carbonyl (C=O) groups is 1. The molecule has 1 aliphatic rings. The lowest BCUT2D eigenvalue weighted by Gasteiger charge is -2.26. The van der Waals surface area contributed by atoms with E-state index in [4.69, 9.17) is 5.73 Å². The lowest BCUT2D eigenvalue weighted by atomic mass is 9.78. The Balaban J connectivity index is 2.58. The standard InChI is InChI=1S/C12H17NOS/c1-6-4-5-9-10(7(6)2)11(8(3)14)12(13)15-9/h6-7H,4-5,13H2,1-3H3. The Bertz CT molecular complexity index is 408. The van der Waals surface area contributed by atoms with Crippen molar-refractivity contribution in [1.29, 1.82) is 0 Å². The summed E-state index contributed by atoms with van der Waals surface area (Å²) in [4.78, 5) is 12.9. The Morgan fingerprint density at radius 3 is 2.73 bits per heavy atom. The van der Waals surface area contributed by atoms with Gasteiger partial charge in [-0.3, -0.25) is 4.79 Å². The van der Waals surface area contributed by atoms with Crippen molar-refractivity contribution in [2.75, 3.05) is 5.73 Å². The van der Waals surface area contributed by atoms with Gasteiger partial charge in [-0.2, -0.15) is 0 Å². The Morgan fingerprint density at radius 1 is 1.47 bits per heavy atom. The van der Waals surface area contributed by atoms with Crippen LogP contribution in [0.5, 0.6) is 0 Å². The zero-order chi connectivity index (χ0) is 11.2. The number of nitrogens with two attached hydrogens (primary N) is 1. The minimum Gasteiger partial charge on any atom is -0.390 e. The van der Waals surface area contributed by atoms with Gasteiger partial charge in [0.1, 0.15) is 0 Å². The van der Waals surface area contributed by atoms with Gasteiger partial charge in [0.15, 0.2) is 5.78 Å². The Labute approximate surface area is 94.5 Å². The summed E-state index contributed by atoms with van der Waals surface area (Å²) in [5.41, 5.74) is 7.97. The minimum absolute atomic E-state index is 0.117. The molecule has 0 spiro atoms. The third-order valence-corrected chi connectivity index (χ3v) is 4.63. The van der Waals surface area contributed by atoms with Gasteiger partial charge in [-0.15, -0.1) is 11.3 Å². The average molecular weight is 223 g/mol. The number of nitrogen functional groups attached to an aromatic ring is 1. The highest BCUT2D eigenvalue weighted by Gasteiger charge is 2.30. The molecule has 82 valence electrons. The van der Waals surface area contributed by atoms with Gasteiger partial charge in [-0.1, -0.05) is 13.8 Å². The number of Topliss-reactive ketones (excluding diaryl/α,β-unsaturated/α-hetero) is 1. The summed E-state index contributed by atoms with van der Waals surface area (Å²) < 4.78 is 0. The van der Waals surface area contributed by atoms with Crippen LogP contribution in [0.2, 0.25) is 0 Å². The summed E-state index contributed by atoms with van der Waals surface area (Å²) in [6.45, 7) is 6.08. The largest absolute Gasteiger partial charge is 0.390 e. The topological polar surface area (TPSA) is 43.1 Å². The molecule has 0 amide bonds. The second kappa shape index (κ2) is 3.63. The van der Waals surface area contributed by atoms with Gasteiger partial charge < -0.3 is 5.73 Å². The van der Waals surface area contributed by atoms with E-state index in [1.807, 2.05) is 0 Å². The molecule has 1 aliphatic carbocycles. The predicted octanol–water partition coefficient (Wildman–Crippen LogP) is 3.22. The monoisotopic (exact) mass is 223 g/mol. The summed E-state index contributed by atoms with van der Waals surface area (Å²) in [5.74, 6) is 1.25. The van der Waals surface area contributed by atoms with Crippen molar-refractivity contribution in [1.82, 2.24) is 0 Å². The fourth-order valence-corrected chi connectivity index (χ4v) is 3.67. The molecule has 2 rings (SSSR count). The zero-order valence-corrected chi connectivity index (χ0v) is 10.3. The number of aryl methyl sites for hydroxylation is 1. The Morgan fingerprint density at radius 2 is 2.13 bits per heavy atom. The summed E-state index contributed by atoms with van der Waals surface area (Å²) in [5, 5.41) is 0.716. The van der Waals surface area contributed by atoms with E-state index in [1.165, 1.54) is 16.9 Å². The fourth-order valence-electron chi connectivity index (χ4n) is 2.43. The van der Waals surface area contributed by atoms with Crippen LogP contribution >= 0.6 is 11.3 Å². The van der Waals surface area contributed by atoms with Crippen LogP contribution in [-0.4, -0.2) is 5.78 Å². The van der Waals surface area contributed by atoms with Crippen molar-refractivity contribution in [3.05, 3.63) is 16.0 Å². The van der Waals surface area contributed by atoms with Crippen molar-refractivity contribution in [2.24, 2.45) is 5.92 Å². The van der Waals surface area contributed by atoms with Gasteiger partial charge in [0, 0.05) is 4.88 Å². The minimum atomic E-state index is 0.117. The summed E-state index contributed by atoms with van der Waals surface area (Å²) >= 11 is 1.61. The van der Waals surface area contributed by atoms with E-state index in [0.717, 1.165) is 12.0 Å². The van der Waals surface area contributed by atoms with Crippen molar-refractivity contribution in [2.45, 2.75) is 39.5 Å². The van der Waals surface area contributed by atoms with Crippen LogP contribution in [0.25, 0.3) is 0 Å². The van der Waals surface area contributed by atoms with Crippen molar-refractivity contribution in [3.8, 4) is 0 Å². The lowest BCUT2D eigenvalue weighted by Crippen LogP contribution is -2.16. The molecule has 0 radical (unpaired) electrons. The average Bonchev–Trinajstić information content (AvgIpc) is 2.49. The third-order valence-electron chi connectivity index (χ3n) is 3.54. The molecule has 0 saturated carbocycles. The second-order valence-electron chi connectivity index (χ2n) is 4.54. The fraction of sp³-hybridized carbons (Fsp3) is 0.583. The number of carbonyl (C=O) groups excluding carboxylic acids is 1. The van der Waals surface area contributed by atoms with E-state index >= 15 is 0 Å². The first-order valence-corrected chi connectivity index (χ1v) is 6.26. The van der Waals surface area contributed by atoms with Gasteiger partial charge in [-0.05, 0) is 37.2 Å². The molecule has 0 aromatic carbocycles. The maximum atomic E-state index is 11.6. The molecular weight excluding hydrogens is 206 g/mol. The van der Waals surface area contributed by atoms with Crippen LogP contribution in [0.3, 0.4) is 0 Å². The molecule has 0 fully saturated rings. The maximum Gasteiger partial charge on any atom is 0.163 e. The molecule has 2 N–H and O–H groups in total. The highest BCUT2D eigenvalue weighted by Crippen LogP contribution is 2.44. The van der Waals surface area contributed by atoms with Crippen LogP contribution < -0.4 is 5.73 Å². The van der Waals surface area contributed by atoms with E-state index in [2.05, 4.69) is 13.8 Å². The van der Waals surface area contributed by atoms with Gasteiger partial charge >= 0.3 is 0 Å². The van der Waals surface area contributed by atoms with Crippen LogP contribution in [0.15, 0.2) is 0 Å². The first kappa shape index (κ1) is 10.7. The van der Waals surface area contributed by atoms with Crippen molar-refractivity contribution in [3.63, 3.8) is 0 Å². The number of ketones is 1. The van der Waals surface area contributed by atoms with Crippen LogP contribution in [-0.2, 0) is 6.42 Å². The zero-order valence-electron chi connectivity index (χ0n) is 9.46. The number of hydrogen-bond acceptors (Lipinski definition) is 3. The van der Waals surface area contributed by atoms with E-state index < -0.39 is 0 Å².